The molecule has 0 spiro atoms. The van der Waals surface area contributed by atoms with Crippen molar-refractivity contribution in [1.82, 2.24) is 19.7 Å². The van der Waals surface area contributed by atoms with E-state index < -0.39 is 0 Å². The van der Waals surface area contributed by atoms with Crippen molar-refractivity contribution >= 4 is 11.3 Å². The topological polar surface area (TPSA) is 43.2 Å². The lowest BCUT2D eigenvalue weighted by atomic mass is 9.66. The van der Waals surface area contributed by atoms with E-state index in [1.807, 2.05) is 35.3 Å². The molecule has 4 aliphatic rings. The molecular weight excluding hydrogens is 368 g/mol. The van der Waals surface area contributed by atoms with Crippen LogP contribution in [0.15, 0.2) is 42.7 Å². The Kier molecular flexibility index (Phi) is 3.84. The molecule has 28 heavy (non-hydrogen) atoms. The van der Waals surface area contributed by atoms with E-state index in [-0.39, 0.29) is 0 Å². The number of rotatable bonds is 4. The molecule has 1 aromatic carbocycles. The van der Waals surface area contributed by atoms with E-state index in [1.54, 1.807) is 11.3 Å². The number of aromatic nitrogens is 3. The highest BCUT2D eigenvalue weighted by atomic mass is 32.1. The van der Waals surface area contributed by atoms with Gasteiger partial charge in [0.25, 0.3) is 5.19 Å². The molecule has 6 heteroatoms. The van der Waals surface area contributed by atoms with Crippen molar-refractivity contribution < 1.29 is 4.74 Å². The third-order valence-electron chi connectivity index (χ3n) is 6.70. The summed E-state index contributed by atoms with van der Waals surface area (Å²) < 4.78 is 8.47. The fourth-order valence-corrected chi connectivity index (χ4v) is 6.46. The van der Waals surface area contributed by atoms with E-state index in [0.29, 0.717) is 17.9 Å². The zero-order chi connectivity index (χ0) is 18.7. The van der Waals surface area contributed by atoms with E-state index in [2.05, 4.69) is 34.0 Å². The summed E-state index contributed by atoms with van der Waals surface area (Å²) in [5.41, 5.74) is 3.34. The summed E-state index contributed by atoms with van der Waals surface area (Å²) >= 11 is 1.65. The third kappa shape index (κ3) is 2.70. The molecule has 0 N–H and O–H groups in total. The lowest BCUT2D eigenvalue weighted by Crippen LogP contribution is -2.61. The Hall–Kier alpha value is -2.18. The number of thiazole rings is 1. The first-order valence-corrected chi connectivity index (χ1v) is 11.0. The fourth-order valence-electron chi connectivity index (χ4n) is 5.59. The van der Waals surface area contributed by atoms with Crippen LogP contribution in [0.5, 0.6) is 5.19 Å². The quantitative estimate of drug-likeness (QED) is 0.673. The molecule has 144 valence electrons. The monoisotopic (exact) mass is 392 g/mol. The minimum absolute atomic E-state index is 0.347. The van der Waals surface area contributed by atoms with Crippen LogP contribution in [0.25, 0.3) is 16.1 Å². The number of piperidine rings is 3. The number of para-hydroxylation sites is 1. The van der Waals surface area contributed by atoms with Gasteiger partial charge < -0.3 is 9.64 Å². The Morgan fingerprint density at radius 1 is 1.04 bits per heavy atom. The highest BCUT2D eigenvalue weighted by Crippen LogP contribution is 2.45. The molecule has 1 saturated carbocycles. The molecule has 3 saturated heterocycles. The van der Waals surface area contributed by atoms with Gasteiger partial charge in [0.15, 0.2) is 0 Å². The average molecular weight is 393 g/mol. The van der Waals surface area contributed by atoms with E-state index in [1.165, 1.54) is 32.5 Å². The predicted molar refractivity (Wildman–Crippen MR) is 110 cm³/mol. The predicted octanol–water partition coefficient (Wildman–Crippen LogP) is 4.02. The largest absolute Gasteiger partial charge is 0.466 e. The van der Waals surface area contributed by atoms with E-state index in [4.69, 9.17) is 4.74 Å². The zero-order valence-corrected chi connectivity index (χ0v) is 16.8. The lowest BCUT2D eigenvalue weighted by Gasteiger charge is -2.55. The molecule has 2 atom stereocenters. The first-order chi connectivity index (χ1) is 13.7. The minimum Gasteiger partial charge on any atom is -0.466 e. The first kappa shape index (κ1) is 16.7. The lowest BCUT2D eigenvalue weighted by molar-refractivity contribution is -0.0985. The summed E-state index contributed by atoms with van der Waals surface area (Å²) in [5, 5.41) is 5.41. The number of benzene rings is 1. The van der Waals surface area contributed by atoms with Gasteiger partial charge in [-0.2, -0.15) is 5.10 Å². The molecule has 0 radical (unpaired) electrons. The van der Waals surface area contributed by atoms with Gasteiger partial charge >= 0.3 is 0 Å². The number of ether oxygens (including phenoxy) is 1. The Morgan fingerprint density at radius 3 is 2.57 bits per heavy atom. The van der Waals surface area contributed by atoms with Gasteiger partial charge in [0.05, 0.1) is 16.8 Å². The number of hydrogen-bond acceptors (Lipinski definition) is 5. The molecule has 1 aliphatic carbocycles. The van der Waals surface area contributed by atoms with Gasteiger partial charge in [-0.25, -0.2) is 9.67 Å². The van der Waals surface area contributed by atoms with Crippen molar-refractivity contribution in [2.75, 3.05) is 19.6 Å². The molecule has 4 bridgehead atoms. The summed E-state index contributed by atoms with van der Waals surface area (Å²) in [6, 6.07) is 10.3. The molecule has 7 rings (SSSR count). The van der Waals surface area contributed by atoms with Crippen LogP contribution in [0.2, 0.25) is 0 Å². The van der Waals surface area contributed by atoms with E-state index in [9.17, 15) is 0 Å². The third-order valence-corrected chi connectivity index (χ3v) is 7.62. The normalized spacial score (nSPS) is 30.7. The highest BCUT2D eigenvalue weighted by molar-refractivity contribution is 7.16. The zero-order valence-electron chi connectivity index (χ0n) is 16.0. The smallest absolute Gasteiger partial charge is 0.274 e. The van der Waals surface area contributed by atoms with Crippen LogP contribution in [0.3, 0.4) is 0 Å². The highest BCUT2D eigenvalue weighted by Gasteiger charge is 2.48. The van der Waals surface area contributed by atoms with Crippen molar-refractivity contribution in [3.05, 3.63) is 48.4 Å². The van der Waals surface area contributed by atoms with Crippen molar-refractivity contribution in [1.29, 1.82) is 0 Å². The SMILES string of the molecule is Cc1c(-c2cnc(OC3C4CC5CC3CN(C5)C4)s2)cnn1-c1ccccc1. The maximum absolute atomic E-state index is 6.48. The Bertz CT molecular complexity index is 967. The number of hydrogen-bond donors (Lipinski definition) is 0. The summed E-state index contributed by atoms with van der Waals surface area (Å²) in [5.74, 6) is 2.26. The Labute approximate surface area is 169 Å². The van der Waals surface area contributed by atoms with Crippen LogP contribution in [-0.2, 0) is 0 Å². The van der Waals surface area contributed by atoms with Crippen molar-refractivity contribution in [3.8, 4) is 21.3 Å². The Morgan fingerprint density at radius 2 is 1.82 bits per heavy atom. The van der Waals surface area contributed by atoms with Gasteiger partial charge in [0.1, 0.15) is 6.10 Å². The second kappa shape index (κ2) is 6.42. The van der Waals surface area contributed by atoms with Gasteiger partial charge in [-0.15, -0.1) is 0 Å². The van der Waals surface area contributed by atoms with Crippen molar-refractivity contribution in [3.63, 3.8) is 0 Å². The van der Waals surface area contributed by atoms with Crippen LogP contribution in [-0.4, -0.2) is 45.4 Å². The molecule has 0 amide bonds. The molecule has 3 aromatic rings. The molecular formula is C22H24N4OS. The number of nitrogens with zero attached hydrogens (tertiary/aromatic N) is 4. The molecule has 5 nitrogen and oxygen atoms in total. The second-order valence-corrected chi connectivity index (χ2v) is 9.53. The van der Waals surface area contributed by atoms with Gasteiger partial charge in [-0.3, -0.25) is 0 Å². The molecule has 2 aromatic heterocycles. The molecule has 5 heterocycles. The van der Waals surface area contributed by atoms with Crippen molar-refractivity contribution in [2.45, 2.75) is 25.9 Å². The van der Waals surface area contributed by atoms with Gasteiger partial charge in [-0.1, -0.05) is 29.5 Å². The van der Waals surface area contributed by atoms with Crippen LogP contribution < -0.4 is 4.74 Å². The van der Waals surface area contributed by atoms with Crippen LogP contribution in [0.4, 0.5) is 0 Å². The van der Waals surface area contributed by atoms with E-state index in [0.717, 1.165) is 32.9 Å². The summed E-state index contributed by atoms with van der Waals surface area (Å²) in [7, 11) is 0. The summed E-state index contributed by atoms with van der Waals surface area (Å²) in [6.45, 7) is 5.84. The van der Waals surface area contributed by atoms with Crippen LogP contribution in [0, 0.1) is 24.7 Å². The van der Waals surface area contributed by atoms with Crippen LogP contribution in [0.1, 0.15) is 18.5 Å². The minimum atomic E-state index is 0.347. The Balaban J connectivity index is 1.24. The maximum atomic E-state index is 6.48. The van der Waals surface area contributed by atoms with Gasteiger partial charge in [-0.05, 0) is 37.8 Å². The second-order valence-electron chi connectivity index (χ2n) is 8.54. The standard InChI is InChI=1S/C22H24N4OS/c1-14-19(9-24-26(14)18-5-3-2-4-6-18)20-10-23-22(28-20)27-21-16-7-15-8-17(21)13-25(11-15)12-16/h2-6,9-10,15-17,21H,7-8,11-13H2,1H3. The van der Waals surface area contributed by atoms with Gasteiger partial charge in [0, 0.05) is 48.9 Å². The van der Waals surface area contributed by atoms with Crippen LogP contribution >= 0.6 is 11.3 Å². The average Bonchev–Trinajstić information content (AvgIpc) is 3.31. The van der Waals surface area contributed by atoms with Crippen molar-refractivity contribution in [2.24, 2.45) is 17.8 Å². The summed E-state index contributed by atoms with van der Waals surface area (Å²) in [4.78, 5) is 8.38. The molecule has 3 aliphatic heterocycles. The van der Waals surface area contributed by atoms with E-state index >= 15 is 0 Å². The maximum Gasteiger partial charge on any atom is 0.274 e. The molecule has 2 unspecified atom stereocenters. The molecule has 4 fully saturated rings. The summed E-state index contributed by atoms with van der Waals surface area (Å²) in [6.07, 6.45) is 6.90. The fraction of sp³-hybridized carbons (Fsp3) is 0.455. The first-order valence-electron chi connectivity index (χ1n) is 10.2. The van der Waals surface area contributed by atoms with Gasteiger partial charge in [0.2, 0.25) is 0 Å².